The number of aromatic amines is 1. The van der Waals surface area contributed by atoms with Gasteiger partial charge in [-0.25, -0.2) is 10.3 Å². The lowest BCUT2D eigenvalue weighted by atomic mass is 9.94. The van der Waals surface area contributed by atoms with Gasteiger partial charge < -0.3 is 58.4 Å². The molecule has 0 bridgehead atoms. The quantitative estimate of drug-likeness (QED) is 0.0174. The van der Waals surface area contributed by atoms with Crippen LogP contribution in [0.4, 0.5) is 4.79 Å². The van der Waals surface area contributed by atoms with E-state index in [1.165, 1.54) is 5.48 Å². The van der Waals surface area contributed by atoms with Gasteiger partial charge >= 0.3 is 6.03 Å². The maximum atomic E-state index is 13.8. The first kappa shape index (κ1) is 52.3. The Labute approximate surface area is 396 Å². The van der Waals surface area contributed by atoms with Crippen molar-refractivity contribution in [1.82, 2.24) is 53.0 Å². The van der Waals surface area contributed by atoms with E-state index in [-0.39, 0.29) is 43.3 Å². The van der Waals surface area contributed by atoms with Gasteiger partial charge in [0.05, 0.1) is 37.7 Å². The summed E-state index contributed by atoms with van der Waals surface area (Å²) in [6.07, 6.45) is 5.27. The van der Waals surface area contributed by atoms with E-state index in [1.54, 1.807) is 42.6 Å². The van der Waals surface area contributed by atoms with Crippen LogP contribution in [0.15, 0.2) is 60.8 Å². The second-order valence-corrected chi connectivity index (χ2v) is 18.0. The fraction of sp³-hybridized carbons (Fsp3) is 0.489. The van der Waals surface area contributed by atoms with Gasteiger partial charge in [0.1, 0.15) is 18.1 Å². The Hall–Kier alpha value is -6.72. The number of carbonyl (C=O) groups excluding carboxylic acids is 9. The molecule has 7 atom stereocenters. The van der Waals surface area contributed by atoms with Crippen LogP contribution in [-0.2, 0) is 51.2 Å². The highest BCUT2D eigenvalue weighted by atomic mass is 32.2. The summed E-state index contributed by atoms with van der Waals surface area (Å²) in [5.74, 6) is -5.90. The number of aromatic nitrogens is 1. The number of thioether (sulfide) groups is 1. The van der Waals surface area contributed by atoms with Crippen molar-refractivity contribution in [2.24, 2.45) is 11.7 Å². The van der Waals surface area contributed by atoms with Crippen molar-refractivity contribution in [3.8, 4) is 0 Å². The first-order valence-corrected chi connectivity index (χ1v) is 23.6. The maximum Gasteiger partial charge on any atom is 0.315 e. The van der Waals surface area contributed by atoms with Crippen molar-refractivity contribution in [2.75, 3.05) is 32.0 Å². The van der Waals surface area contributed by atoms with E-state index in [0.29, 0.717) is 43.0 Å². The topological polar surface area (TPSA) is 344 Å². The number of nitrogens with one attached hydrogen (secondary N) is 10. The third-order valence-electron chi connectivity index (χ3n) is 11.7. The molecule has 2 fully saturated rings. The molecule has 0 aliphatic carbocycles. The van der Waals surface area contributed by atoms with Gasteiger partial charge in [-0.3, -0.25) is 43.6 Å². The molecule has 0 radical (unpaired) electrons. The number of hydrogen-bond acceptors (Lipinski definition) is 12. The van der Waals surface area contributed by atoms with Crippen LogP contribution in [0.25, 0.3) is 10.9 Å². The molecule has 10 amide bonds. The molecule has 1 unspecified atom stereocenters. The van der Waals surface area contributed by atoms with Crippen LogP contribution >= 0.6 is 11.8 Å². The van der Waals surface area contributed by atoms with E-state index < -0.39 is 91.5 Å². The van der Waals surface area contributed by atoms with Gasteiger partial charge in [-0.2, -0.15) is 11.8 Å². The summed E-state index contributed by atoms with van der Waals surface area (Å²) in [4.78, 5) is 117. The molecule has 2 saturated heterocycles. The summed E-state index contributed by atoms with van der Waals surface area (Å²) in [7, 11) is 0. The van der Waals surface area contributed by atoms with E-state index in [1.807, 2.05) is 30.0 Å². The van der Waals surface area contributed by atoms with Gasteiger partial charge in [0.2, 0.25) is 47.3 Å². The summed E-state index contributed by atoms with van der Waals surface area (Å²) in [5.41, 5.74) is 9.14. The molecule has 0 saturated carbocycles. The number of fused-ring (bicyclic) bond motifs is 2. The number of aliphatic hydroxyl groups excluding tert-OH is 1. The van der Waals surface area contributed by atoms with Crippen LogP contribution in [0.2, 0.25) is 0 Å². The summed E-state index contributed by atoms with van der Waals surface area (Å²) in [5, 5.41) is 41.3. The molecule has 22 nitrogen and oxygen atoms in total. The molecule has 68 heavy (non-hydrogen) atoms. The van der Waals surface area contributed by atoms with Gasteiger partial charge in [0.15, 0.2) is 0 Å². The normalized spacial score (nSPS) is 17.8. The van der Waals surface area contributed by atoms with Crippen molar-refractivity contribution in [3.63, 3.8) is 0 Å². The van der Waals surface area contributed by atoms with Gasteiger partial charge in [-0.15, -0.1) is 0 Å². The summed E-state index contributed by atoms with van der Waals surface area (Å²) in [6, 6.07) is 12.3. The number of carbonyl (C=O) groups is 9. The SMILES string of the molecule is NC(=O)[C@H](CCCCNC(=O)CCCC[C@@H]1SC[C@@H]2NC(=O)N[C@@H]21)NC(=O)CNC(=O)CNC(=O)[C@H](CO)NC(=O)[C@H](Cc1c[nH]c2ccccc12)NC(=O)C(CC(=O)NO)Cc1ccccc1. The molecule has 2 aliphatic rings. The first-order valence-electron chi connectivity index (χ1n) is 22.6. The smallest absolute Gasteiger partial charge is 0.315 e. The lowest BCUT2D eigenvalue weighted by molar-refractivity contribution is -0.137. The number of aliphatic hydroxyl groups is 1. The predicted octanol–water partition coefficient (Wildman–Crippen LogP) is -1.36. The Morgan fingerprint density at radius 3 is 2.22 bits per heavy atom. The highest BCUT2D eigenvalue weighted by Crippen LogP contribution is 2.33. The highest BCUT2D eigenvalue weighted by Gasteiger charge is 2.42. The number of primary amides is 1. The molecule has 1 aromatic heterocycles. The van der Waals surface area contributed by atoms with Gasteiger partial charge in [0.25, 0.3) is 0 Å². The molecular formula is C45H61N11O11S. The molecule has 3 aromatic rings. The van der Waals surface area contributed by atoms with E-state index in [4.69, 9.17) is 5.73 Å². The number of para-hydroxylation sites is 1. The Kier molecular flexibility index (Phi) is 20.4. The van der Waals surface area contributed by atoms with Crippen molar-refractivity contribution in [1.29, 1.82) is 0 Å². The fourth-order valence-electron chi connectivity index (χ4n) is 8.04. The minimum Gasteiger partial charge on any atom is -0.394 e. The monoisotopic (exact) mass is 963 g/mol. The largest absolute Gasteiger partial charge is 0.394 e. The Morgan fingerprint density at radius 1 is 0.735 bits per heavy atom. The molecular weight excluding hydrogens is 903 g/mol. The molecule has 368 valence electrons. The Bertz CT molecular complexity index is 2250. The Balaban J connectivity index is 1.03. The molecule has 0 spiro atoms. The summed E-state index contributed by atoms with van der Waals surface area (Å²) >= 11 is 1.83. The van der Waals surface area contributed by atoms with Gasteiger partial charge in [-0.05, 0) is 55.7 Å². The van der Waals surface area contributed by atoms with Crippen molar-refractivity contribution >= 4 is 76.0 Å². The number of rotatable bonds is 28. The van der Waals surface area contributed by atoms with Crippen LogP contribution in [-0.4, -0.2) is 136 Å². The average Bonchev–Trinajstić information content (AvgIpc) is 4.03. The lowest BCUT2D eigenvalue weighted by Crippen LogP contribution is -2.57. The number of hydroxylamine groups is 1. The zero-order valence-corrected chi connectivity index (χ0v) is 38.3. The number of hydrogen-bond donors (Lipinski definition) is 13. The van der Waals surface area contributed by atoms with Crippen molar-refractivity contribution < 1.29 is 53.5 Å². The van der Waals surface area contributed by atoms with Crippen molar-refractivity contribution in [3.05, 3.63) is 71.9 Å². The van der Waals surface area contributed by atoms with Crippen LogP contribution < -0.4 is 53.7 Å². The molecule has 2 aliphatic heterocycles. The third-order valence-corrected chi connectivity index (χ3v) is 13.2. The Morgan fingerprint density at radius 2 is 1.47 bits per heavy atom. The maximum absolute atomic E-state index is 13.8. The minimum absolute atomic E-state index is 0.0737. The average molecular weight is 964 g/mol. The van der Waals surface area contributed by atoms with Crippen LogP contribution in [0.3, 0.4) is 0 Å². The zero-order chi connectivity index (χ0) is 49.0. The standard InChI is InChI=1S/C45H61N11O11S/c46-41(62)31(14-8-9-17-47-36(58)16-7-6-15-35-40-34(25-68-35)54-45(66)55-40)51-39(61)23-49-38(60)22-50-43(64)33(24-57)53-44(65)32(19-28-21-48-30-13-5-4-12-29(28)30)52-42(63)27(20-37(59)56-67)18-26-10-2-1-3-11-26/h1-5,10-13,21,27,31-35,40,48,57,67H,6-9,14-20,22-25H2,(H2,46,62)(H,47,58)(H,49,60)(H,50,64)(H,51,61)(H,52,63)(H,53,65)(H,56,59)(H2,54,55,66)/t27?,31-,32-,33-,34-,35-,40-/m0/s1. The van der Waals surface area contributed by atoms with Crippen LogP contribution in [0.5, 0.6) is 0 Å². The number of unbranched alkanes of at least 4 members (excludes halogenated alkanes) is 2. The lowest BCUT2D eigenvalue weighted by Gasteiger charge is -2.24. The van der Waals surface area contributed by atoms with E-state index >= 15 is 0 Å². The molecule has 14 N–H and O–H groups in total. The number of H-pyrrole nitrogens is 1. The predicted molar refractivity (Wildman–Crippen MR) is 249 cm³/mol. The number of amides is 10. The van der Waals surface area contributed by atoms with Gasteiger partial charge in [0, 0.05) is 53.9 Å². The number of nitrogens with two attached hydrogens (primary N) is 1. The second-order valence-electron chi connectivity index (χ2n) is 16.7. The summed E-state index contributed by atoms with van der Waals surface area (Å²) in [6.45, 7) is -1.76. The van der Waals surface area contributed by atoms with Crippen LogP contribution in [0.1, 0.15) is 62.5 Å². The molecule has 2 aromatic carbocycles. The second kappa shape index (κ2) is 26.6. The number of benzene rings is 2. The van der Waals surface area contributed by atoms with Crippen LogP contribution in [0, 0.1) is 5.92 Å². The number of urea groups is 1. The molecule has 5 rings (SSSR count). The fourth-order valence-corrected chi connectivity index (χ4v) is 9.58. The van der Waals surface area contributed by atoms with E-state index in [0.717, 1.165) is 35.1 Å². The molecule has 3 heterocycles. The van der Waals surface area contributed by atoms with E-state index in [9.17, 15) is 53.5 Å². The van der Waals surface area contributed by atoms with E-state index in [2.05, 4.69) is 47.5 Å². The first-order chi connectivity index (χ1) is 32.7. The molecule has 23 heteroatoms. The third kappa shape index (κ3) is 16.3. The zero-order valence-electron chi connectivity index (χ0n) is 37.5. The highest BCUT2D eigenvalue weighted by molar-refractivity contribution is 8.00. The summed E-state index contributed by atoms with van der Waals surface area (Å²) < 4.78 is 0. The minimum atomic E-state index is -1.58. The van der Waals surface area contributed by atoms with Gasteiger partial charge in [-0.1, -0.05) is 55.0 Å². The van der Waals surface area contributed by atoms with Crippen molar-refractivity contribution in [2.45, 2.75) is 99.7 Å².